The summed E-state index contributed by atoms with van der Waals surface area (Å²) >= 11 is 0. The first-order valence-electron chi connectivity index (χ1n) is 6.14. The molecule has 0 aliphatic rings. The summed E-state index contributed by atoms with van der Waals surface area (Å²) in [4.78, 5) is 11.0. The van der Waals surface area contributed by atoms with Gasteiger partial charge in [-0.05, 0) is 42.5 Å². The summed E-state index contributed by atoms with van der Waals surface area (Å²) in [5.74, 6) is -0.296. The number of carbonyl (C=O) groups excluding carboxylic acids is 1. The van der Waals surface area contributed by atoms with E-state index in [9.17, 15) is 9.18 Å². The van der Waals surface area contributed by atoms with Gasteiger partial charge in [0.05, 0.1) is 11.4 Å². The van der Waals surface area contributed by atoms with Crippen molar-refractivity contribution in [3.63, 3.8) is 0 Å². The Bertz CT molecular complexity index is 733. The van der Waals surface area contributed by atoms with E-state index in [0.29, 0.717) is 12.0 Å². The molecule has 1 heterocycles. The zero-order valence-electron chi connectivity index (χ0n) is 10.5. The van der Waals surface area contributed by atoms with Crippen LogP contribution in [0.2, 0.25) is 0 Å². The number of benzene rings is 2. The summed E-state index contributed by atoms with van der Waals surface area (Å²) in [6.45, 7) is 0. The average Bonchev–Trinajstić information content (AvgIpc) is 2.93. The molecule has 3 rings (SSSR count). The predicted octanol–water partition coefficient (Wildman–Crippen LogP) is 3.49. The maximum absolute atomic E-state index is 13.0. The standard InChI is InChI=1S/C16H11FN2O/c17-13-8-6-12(7-9-13)16-10-14(11-20)18-19(16)15-4-2-1-3-5-15/h1-11H. The Balaban J connectivity index is 2.17. The molecule has 0 spiro atoms. The smallest absolute Gasteiger partial charge is 0.170 e. The number of aldehydes is 1. The molecule has 0 aliphatic carbocycles. The molecule has 0 radical (unpaired) electrons. The first-order valence-corrected chi connectivity index (χ1v) is 6.14. The lowest BCUT2D eigenvalue weighted by Crippen LogP contribution is -1.99. The van der Waals surface area contributed by atoms with E-state index in [1.807, 2.05) is 30.3 Å². The summed E-state index contributed by atoms with van der Waals surface area (Å²) in [5.41, 5.74) is 2.74. The third-order valence-electron chi connectivity index (χ3n) is 2.99. The summed E-state index contributed by atoms with van der Waals surface area (Å²) in [6.07, 6.45) is 0.701. The van der Waals surface area contributed by atoms with Crippen molar-refractivity contribution >= 4 is 6.29 Å². The van der Waals surface area contributed by atoms with Crippen LogP contribution in [-0.2, 0) is 0 Å². The Hall–Kier alpha value is -2.75. The Morgan fingerprint density at radius 1 is 1.00 bits per heavy atom. The third-order valence-corrected chi connectivity index (χ3v) is 2.99. The van der Waals surface area contributed by atoms with Crippen LogP contribution in [0.15, 0.2) is 60.7 Å². The minimum absolute atomic E-state index is 0.296. The molecule has 3 aromatic rings. The molecule has 0 bridgehead atoms. The van der Waals surface area contributed by atoms with Gasteiger partial charge in [-0.25, -0.2) is 9.07 Å². The fraction of sp³-hybridized carbons (Fsp3) is 0. The summed E-state index contributed by atoms with van der Waals surface area (Å²) in [6, 6.07) is 17.3. The van der Waals surface area contributed by atoms with Crippen LogP contribution in [0.5, 0.6) is 0 Å². The zero-order chi connectivity index (χ0) is 13.9. The number of hydrogen-bond acceptors (Lipinski definition) is 2. The summed E-state index contributed by atoms with van der Waals surface area (Å²) in [5, 5.41) is 4.25. The van der Waals surface area contributed by atoms with Crippen LogP contribution in [-0.4, -0.2) is 16.1 Å². The lowest BCUT2D eigenvalue weighted by Gasteiger charge is -2.07. The van der Waals surface area contributed by atoms with Gasteiger partial charge in [0, 0.05) is 5.56 Å². The Morgan fingerprint density at radius 2 is 1.70 bits per heavy atom. The molecule has 0 saturated heterocycles. The highest BCUT2D eigenvalue weighted by Crippen LogP contribution is 2.23. The molecular formula is C16H11FN2O. The molecule has 0 amide bonds. The Morgan fingerprint density at radius 3 is 2.35 bits per heavy atom. The van der Waals surface area contributed by atoms with Gasteiger partial charge < -0.3 is 0 Å². The zero-order valence-corrected chi connectivity index (χ0v) is 10.5. The molecule has 1 aromatic heterocycles. The fourth-order valence-corrected chi connectivity index (χ4v) is 2.05. The highest BCUT2D eigenvalue weighted by Gasteiger charge is 2.11. The molecule has 0 aliphatic heterocycles. The van der Waals surface area contributed by atoms with Crippen molar-refractivity contribution in [1.82, 2.24) is 9.78 Å². The number of nitrogens with zero attached hydrogens (tertiary/aromatic N) is 2. The van der Waals surface area contributed by atoms with E-state index in [1.54, 1.807) is 22.9 Å². The van der Waals surface area contributed by atoms with Crippen molar-refractivity contribution in [3.05, 3.63) is 72.2 Å². The van der Waals surface area contributed by atoms with Crippen molar-refractivity contribution in [2.75, 3.05) is 0 Å². The van der Waals surface area contributed by atoms with E-state index in [0.717, 1.165) is 16.9 Å². The second-order valence-electron chi connectivity index (χ2n) is 4.33. The van der Waals surface area contributed by atoms with Gasteiger partial charge in [-0.15, -0.1) is 0 Å². The number of para-hydroxylation sites is 1. The van der Waals surface area contributed by atoms with Gasteiger partial charge in [0.15, 0.2) is 6.29 Å². The molecule has 0 N–H and O–H groups in total. The van der Waals surface area contributed by atoms with Crippen LogP contribution in [0.3, 0.4) is 0 Å². The van der Waals surface area contributed by atoms with Gasteiger partial charge in [0.25, 0.3) is 0 Å². The van der Waals surface area contributed by atoms with E-state index in [2.05, 4.69) is 5.10 Å². The Kier molecular flexibility index (Phi) is 3.13. The van der Waals surface area contributed by atoms with Crippen molar-refractivity contribution in [2.45, 2.75) is 0 Å². The van der Waals surface area contributed by atoms with Crippen LogP contribution in [0.4, 0.5) is 4.39 Å². The van der Waals surface area contributed by atoms with Crippen LogP contribution < -0.4 is 0 Å². The maximum atomic E-state index is 13.0. The predicted molar refractivity (Wildman–Crippen MR) is 74.3 cm³/mol. The van der Waals surface area contributed by atoms with Gasteiger partial charge in [-0.3, -0.25) is 4.79 Å². The summed E-state index contributed by atoms with van der Waals surface area (Å²) < 4.78 is 14.7. The first kappa shape index (κ1) is 12.3. The number of carbonyl (C=O) groups is 1. The lowest BCUT2D eigenvalue weighted by molar-refractivity contribution is 0.111. The van der Waals surface area contributed by atoms with Crippen LogP contribution in [0.1, 0.15) is 10.5 Å². The van der Waals surface area contributed by atoms with Gasteiger partial charge in [-0.2, -0.15) is 5.10 Å². The van der Waals surface area contributed by atoms with E-state index in [4.69, 9.17) is 0 Å². The Labute approximate surface area is 115 Å². The largest absolute Gasteiger partial charge is 0.296 e. The van der Waals surface area contributed by atoms with E-state index in [-0.39, 0.29) is 5.82 Å². The number of halogens is 1. The molecule has 0 saturated carbocycles. The van der Waals surface area contributed by atoms with Gasteiger partial charge in [0.2, 0.25) is 0 Å². The monoisotopic (exact) mass is 266 g/mol. The van der Waals surface area contributed by atoms with Crippen LogP contribution >= 0.6 is 0 Å². The van der Waals surface area contributed by atoms with Gasteiger partial charge in [-0.1, -0.05) is 18.2 Å². The van der Waals surface area contributed by atoms with Crippen LogP contribution in [0, 0.1) is 5.82 Å². The molecule has 98 valence electrons. The average molecular weight is 266 g/mol. The number of aromatic nitrogens is 2. The third kappa shape index (κ3) is 2.23. The molecule has 20 heavy (non-hydrogen) atoms. The highest BCUT2D eigenvalue weighted by molar-refractivity contribution is 5.76. The molecule has 0 unspecified atom stereocenters. The molecular weight excluding hydrogens is 255 g/mol. The molecule has 4 heteroatoms. The quantitative estimate of drug-likeness (QED) is 0.680. The van der Waals surface area contributed by atoms with E-state index < -0.39 is 0 Å². The van der Waals surface area contributed by atoms with Crippen molar-refractivity contribution in [3.8, 4) is 16.9 Å². The van der Waals surface area contributed by atoms with E-state index >= 15 is 0 Å². The van der Waals surface area contributed by atoms with Crippen molar-refractivity contribution in [2.24, 2.45) is 0 Å². The van der Waals surface area contributed by atoms with Crippen molar-refractivity contribution in [1.29, 1.82) is 0 Å². The SMILES string of the molecule is O=Cc1cc(-c2ccc(F)cc2)n(-c2ccccc2)n1. The lowest BCUT2D eigenvalue weighted by atomic mass is 10.1. The second-order valence-corrected chi connectivity index (χ2v) is 4.33. The van der Waals surface area contributed by atoms with Crippen LogP contribution in [0.25, 0.3) is 16.9 Å². The fourth-order valence-electron chi connectivity index (χ4n) is 2.05. The minimum Gasteiger partial charge on any atom is -0.296 e. The van der Waals surface area contributed by atoms with Gasteiger partial charge in [0.1, 0.15) is 11.5 Å². The molecule has 3 nitrogen and oxygen atoms in total. The first-order chi connectivity index (χ1) is 9.78. The summed E-state index contributed by atoms with van der Waals surface area (Å²) in [7, 11) is 0. The molecule has 2 aromatic carbocycles. The second kappa shape index (κ2) is 5.09. The van der Waals surface area contributed by atoms with E-state index in [1.165, 1.54) is 12.1 Å². The number of hydrogen-bond donors (Lipinski definition) is 0. The van der Waals surface area contributed by atoms with Gasteiger partial charge >= 0.3 is 0 Å². The van der Waals surface area contributed by atoms with Crippen molar-refractivity contribution < 1.29 is 9.18 Å². The highest BCUT2D eigenvalue weighted by atomic mass is 19.1. The number of rotatable bonds is 3. The minimum atomic E-state index is -0.296. The maximum Gasteiger partial charge on any atom is 0.170 e. The topological polar surface area (TPSA) is 34.9 Å². The normalized spacial score (nSPS) is 10.4. The molecule has 0 fully saturated rings. The molecule has 0 atom stereocenters.